The van der Waals surface area contributed by atoms with Crippen molar-refractivity contribution < 1.29 is 5.21 Å². The fraction of sp³-hybridized carbons (Fsp3) is 0.750. The smallest absolute Gasteiger partial charge is 0.140 e. The van der Waals surface area contributed by atoms with Crippen molar-refractivity contribution in [2.24, 2.45) is 10.9 Å². The Morgan fingerprint density at radius 3 is 2.67 bits per heavy atom. The second-order valence-electron chi connectivity index (χ2n) is 1.44. The van der Waals surface area contributed by atoms with Crippen LogP contribution >= 0.6 is 12.4 Å². The molecule has 0 fully saturated rings. The van der Waals surface area contributed by atoms with Crippen LogP contribution in [0.25, 0.3) is 0 Å². The summed E-state index contributed by atoms with van der Waals surface area (Å²) in [6, 6.07) is 0. The first kappa shape index (κ1) is 11.3. The number of nitrogens with zero attached hydrogens (tertiary/aromatic N) is 1. The van der Waals surface area contributed by atoms with Crippen molar-refractivity contribution in [1.82, 2.24) is 5.32 Å². The molecule has 4 N–H and O–H groups in total. The van der Waals surface area contributed by atoms with Gasteiger partial charge in [-0.1, -0.05) is 5.16 Å². The van der Waals surface area contributed by atoms with Crippen LogP contribution < -0.4 is 11.1 Å². The third kappa shape index (κ3) is 7.52. The zero-order valence-corrected chi connectivity index (χ0v) is 6.11. The van der Waals surface area contributed by atoms with E-state index in [9.17, 15) is 0 Å². The van der Waals surface area contributed by atoms with Crippen molar-refractivity contribution >= 4 is 18.2 Å². The van der Waals surface area contributed by atoms with Crippen LogP contribution in [0.3, 0.4) is 0 Å². The van der Waals surface area contributed by atoms with Gasteiger partial charge in [0.2, 0.25) is 0 Å². The summed E-state index contributed by atoms with van der Waals surface area (Å²) in [5, 5.41) is 13.6. The summed E-state index contributed by atoms with van der Waals surface area (Å²) in [6.07, 6.45) is 0.590. The van der Waals surface area contributed by atoms with Crippen LogP contribution in [0.4, 0.5) is 0 Å². The van der Waals surface area contributed by atoms with Crippen molar-refractivity contribution in [3.05, 3.63) is 0 Å². The summed E-state index contributed by atoms with van der Waals surface area (Å²) >= 11 is 0. The van der Waals surface area contributed by atoms with Gasteiger partial charge >= 0.3 is 0 Å². The van der Waals surface area contributed by atoms with Gasteiger partial charge < -0.3 is 16.3 Å². The van der Waals surface area contributed by atoms with E-state index in [1.807, 2.05) is 7.05 Å². The first-order valence-electron chi connectivity index (χ1n) is 2.42. The summed E-state index contributed by atoms with van der Waals surface area (Å²) in [5.74, 6) is 0.263. The largest absolute Gasteiger partial charge is 0.409 e. The van der Waals surface area contributed by atoms with E-state index in [4.69, 9.17) is 10.9 Å². The first-order chi connectivity index (χ1) is 3.81. The number of hydrogen-bond acceptors (Lipinski definition) is 3. The van der Waals surface area contributed by atoms with Crippen LogP contribution in [0, 0.1) is 0 Å². The molecule has 0 aromatic heterocycles. The van der Waals surface area contributed by atoms with Gasteiger partial charge in [0, 0.05) is 13.0 Å². The molecule has 0 aliphatic rings. The lowest BCUT2D eigenvalue weighted by atomic mass is 10.4. The van der Waals surface area contributed by atoms with E-state index < -0.39 is 0 Å². The normalized spacial score (nSPS) is 10.6. The highest BCUT2D eigenvalue weighted by Crippen LogP contribution is 1.73. The molecule has 0 aliphatic carbocycles. The molecule has 0 amide bonds. The molecule has 0 saturated carbocycles. The molecule has 0 aromatic carbocycles. The third-order valence-electron chi connectivity index (χ3n) is 0.760. The van der Waals surface area contributed by atoms with Crippen molar-refractivity contribution in [1.29, 1.82) is 0 Å². The highest BCUT2D eigenvalue weighted by molar-refractivity contribution is 5.85. The summed E-state index contributed by atoms with van der Waals surface area (Å²) in [6.45, 7) is 0.746. The van der Waals surface area contributed by atoms with E-state index in [0.717, 1.165) is 6.54 Å². The van der Waals surface area contributed by atoms with Crippen LogP contribution in [0.2, 0.25) is 0 Å². The minimum atomic E-state index is 0. The fourth-order valence-electron chi connectivity index (χ4n) is 0.303. The van der Waals surface area contributed by atoms with Gasteiger partial charge in [0.05, 0.1) is 0 Å². The topological polar surface area (TPSA) is 70.6 Å². The molecule has 9 heavy (non-hydrogen) atoms. The molecule has 56 valence electrons. The second kappa shape index (κ2) is 7.52. The number of oxime groups is 1. The third-order valence-corrected chi connectivity index (χ3v) is 0.760. The lowest BCUT2D eigenvalue weighted by Crippen LogP contribution is -2.19. The molecule has 0 bridgehead atoms. The molecule has 4 nitrogen and oxygen atoms in total. The highest BCUT2D eigenvalue weighted by atomic mass is 35.5. The Morgan fingerprint density at radius 2 is 2.33 bits per heavy atom. The van der Waals surface area contributed by atoms with Gasteiger partial charge in [-0.2, -0.15) is 0 Å². The molecule has 0 spiro atoms. The van der Waals surface area contributed by atoms with Crippen molar-refractivity contribution in [3.63, 3.8) is 0 Å². The molecule has 0 aliphatic heterocycles. The van der Waals surface area contributed by atoms with Gasteiger partial charge in [0.1, 0.15) is 5.84 Å². The van der Waals surface area contributed by atoms with E-state index in [2.05, 4.69) is 10.5 Å². The van der Waals surface area contributed by atoms with Crippen LogP contribution in [0.1, 0.15) is 6.42 Å². The Morgan fingerprint density at radius 1 is 1.78 bits per heavy atom. The van der Waals surface area contributed by atoms with Crippen molar-refractivity contribution in [3.8, 4) is 0 Å². The maximum absolute atomic E-state index is 8.00. The van der Waals surface area contributed by atoms with Crippen LogP contribution in [0.15, 0.2) is 5.16 Å². The fourth-order valence-corrected chi connectivity index (χ4v) is 0.303. The number of nitrogens with two attached hydrogens (primary N) is 1. The Hall–Kier alpha value is -0.480. The summed E-state index contributed by atoms with van der Waals surface area (Å²) in [7, 11) is 1.81. The summed E-state index contributed by atoms with van der Waals surface area (Å²) < 4.78 is 0. The number of amidine groups is 1. The number of rotatable bonds is 3. The van der Waals surface area contributed by atoms with Crippen LogP contribution in [-0.2, 0) is 0 Å². The molecular weight excluding hydrogens is 142 g/mol. The van der Waals surface area contributed by atoms with Gasteiger partial charge in [0.15, 0.2) is 0 Å². The molecule has 0 radical (unpaired) electrons. The molecule has 0 unspecified atom stereocenters. The predicted molar refractivity (Wildman–Crippen MR) is 39.2 cm³/mol. The van der Waals surface area contributed by atoms with Crippen LogP contribution in [0.5, 0.6) is 0 Å². The number of nitrogens with one attached hydrogen (secondary N) is 1. The molecule has 0 rings (SSSR count). The number of halogens is 1. The van der Waals surface area contributed by atoms with E-state index in [1.165, 1.54) is 0 Å². The molecule has 0 atom stereocenters. The van der Waals surface area contributed by atoms with Gasteiger partial charge in [-0.25, -0.2) is 0 Å². The zero-order chi connectivity index (χ0) is 6.41. The highest BCUT2D eigenvalue weighted by Gasteiger charge is 1.87. The van der Waals surface area contributed by atoms with Crippen molar-refractivity contribution in [2.75, 3.05) is 13.6 Å². The second-order valence-corrected chi connectivity index (χ2v) is 1.44. The van der Waals surface area contributed by atoms with Crippen LogP contribution in [-0.4, -0.2) is 24.6 Å². The molecule has 5 heteroatoms. The Kier molecular flexibility index (Phi) is 9.47. The SMILES string of the molecule is CNCC/C(N)=N/O.Cl. The quantitative estimate of drug-likeness (QED) is 0.227. The van der Waals surface area contributed by atoms with E-state index in [-0.39, 0.29) is 18.2 Å². The summed E-state index contributed by atoms with van der Waals surface area (Å²) in [5.41, 5.74) is 5.12. The first-order valence-corrected chi connectivity index (χ1v) is 2.42. The maximum Gasteiger partial charge on any atom is 0.140 e. The lowest BCUT2D eigenvalue weighted by Gasteiger charge is -1.94. The van der Waals surface area contributed by atoms with Gasteiger partial charge in [-0.3, -0.25) is 0 Å². The minimum Gasteiger partial charge on any atom is -0.409 e. The van der Waals surface area contributed by atoms with Gasteiger partial charge in [-0.15, -0.1) is 12.4 Å². The molecule has 0 aromatic rings. The lowest BCUT2D eigenvalue weighted by molar-refractivity contribution is 0.317. The Balaban J connectivity index is 0. The molecular formula is C4H12ClN3O. The Bertz CT molecular complexity index is 85.9. The average Bonchev–Trinajstić information content (AvgIpc) is 1.83. The van der Waals surface area contributed by atoms with E-state index in [1.54, 1.807) is 0 Å². The summed E-state index contributed by atoms with van der Waals surface area (Å²) in [4.78, 5) is 0. The average molecular weight is 154 g/mol. The Labute approximate surface area is 60.5 Å². The molecule has 0 saturated heterocycles. The minimum absolute atomic E-state index is 0. The standard InChI is InChI=1S/C4H11N3O.ClH/c1-6-3-2-4(5)7-8;/h6,8H,2-3H2,1H3,(H2,5,7);1H. The van der Waals surface area contributed by atoms with E-state index in [0.29, 0.717) is 6.42 Å². The maximum atomic E-state index is 8.00. The van der Waals surface area contributed by atoms with Gasteiger partial charge in [0.25, 0.3) is 0 Å². The predicted octanol–water partition coefficient (Wildman–Crippen LogP) is -0.236. The molecule has 0 heterocycles. The van der Waals surface area contributed by atoms with Crippen molar-refractivity contribution in [2.45, 2.75) is 6.42 Å². The monoisotopic (exact) mass is 153 g/mol. The zero-order valence-electron chi connectivity index (χ0n) is 5.29. The van der Waals surface area contributed by atoms with E-state index >= 15 is 0 Å². The number of hydrogen-bond donors (Lipinski definition) is 3. The van der Waals surface area contributed by atoms with Gasteiger partial charge in [-0.05, 0) is 7.05 Å².